The fourth-order valence-corrected chi connectivity index (χ4v) is 3.38. The molecule has 0 radical (unpaired) electrons. The zero-order valence-electron chi connectivity index (χ0n) is 14.9. The van der Waals surface area contributed by atoms with Gasteiger partial charge >= 0.3 is 0 Å². The Hall–Kier alpha value is -2.25. The summed E-state index contributed by atoms with van der Waals surface area (Å²) in [5, 5.41) is 11.0. The topological polar surface area (TPSA) is 78.3 Å². The van der Waals surface area contributed by atoms with Gasteiger partial charge < -0.3 is 14.8 Å². The molecule has 1 unspecified atom stereocenters. The van der Waals surface area contributed by atoms with Crippen LogP contribution in [0.1, 0.15) is 34.2 Å². The maximum absolute atomic E-state index is 12.7. The maximum atomic E-state index is 12.7. The van der Waals surface area contributed by atoms with Crippen molar-refractivity contribution >= 4 is 5.91 Å². The predicted molar refractivity (Wildman–Crippen MR) is 92.4 cm³/mol. The minimum absolute atomic E-state index is 0.202. The first kappa shape index (κ1) is 17.6. The molecule has 1 atom stereocenters. The number of hydrogen-bond donors (Lipinski definition) is 1. The Labute approximate surface area is 147 Å². The van der Waals surface area contributed by atoms with Crippen molar-refractivity contribution in [1.29, 1.82) is 0 Å². The van der Waals surface area contributed by atoms with Gasteiger partial charge in [-0.2, -0.15) is 0 Å². The van der Waals surface area contributed by atoms with Gasteiger partial charge in [0.15, 0.2) is 0 Å². The zero-order chi connectivity index (χ0) is 17.9. The van der Waals surface area contributed by atoms with E-state index < -0.39 is 5.60 Å². The van der Waals surface area contributed by atoms with E-state index in [9.17, 15) is 4.79 Å². The molecular weight excluding hydrogens is 320 g/mol. The van der Waals surface area contributed by atoms with E-state index in [1.165, 1.54) is 5.56 Å². The van der Waals surface area contributed by atoms with Crippen LogP contribution in [0.4, 0.5) is 0 Å². The number of nitrogens with one attached hydrogen (secondary N) is 1. The molecular formula is C18H24N4O3. The van der Waals surface area contributed by atoms with Crippen molar-refractivity contribution in [3.63, 3.8) is 0 Å². The molecule has 2 aromatic rings. The second-order valence-corrected chi connectivity index (χ2v) is 6.20. The van der Waals surface area contributed by atoms with Gasteiger partial charge in [0.25, 0.3) is 5.91 Å². The highest BCUT2D eigenvalue weighted by atomic mass is 16.5. The van der Waals surface area contributed by atoms with Crippen molar-refractivity contribution in [3.8, 4) is 0 Å². The molecule has 1 aromatic heterocycles. The van der Waals surface area contributed by atoms with Crippen LogP contribution in [0.5, 0.6) is 0 Å². The Morgan fingerprint density at radius 2 is 2.24 bits per heavy atom. The molecule has 1 aliphatic heterocycles. The van der Waals surface area contributed by atoms with Crippen LogP contribution in [0.25, 0.3) is 0 Å². The minimum atomic E-state index is -0.683. The molecule has 0 saturated heterocycles. The van der Waals surface area contributed by atoms with Crippen molar-refractivity contribution in [2.75, 3.05) is 26.9 Å². The number of rotatable bonds is 6. The van der Waals surface area contributed by atoms with Crippen LogP contribution < -0.4 is 5.32 Å². The Kier molecular flexibility index (Phi) is 5.15. The lowest BCUT2D eigenvalue weighted by molar-refractivity contribution is -0.0997. The fourth-order valence-electron chi connectivity index (χ4n) is 3.38. The summed E-state index contributed by atoms with van der Waals surface area (Å²) < 4.78 is 13.1. The molecule has 1 amide bonds. The number of fused-ring (bicyclic) bond motifs is 1. The Balaban J connectivity index is 1.84. The van der Waals surface area contributed by atoms with E-state index in [-0.39, 0.29) is 5.91 Å². The molecule has 1 aromatic carbocycles. The van der Waals surface area contributed by atoms with E-state index >= 15 is 0 Å². The number of benzene rings is 1. The number of methoxy groups -OCH3 is 1. The second-order valence-electron chi connectivity index (χ2n) is 6.20. The number of carbonyl (C=O) groups is 1. The number of amides is 1. The highest BCUT2D eigenvalue weighted by Crippen LogP contribution is 2.33. The van der Waals surface area contributed by atoms with Crippen molar-refractivity contribution in [3.05, 3.63) is 46.8 Å². The summed E-state index contributed by atoms with van der Waals surface area (Å²) in [5.41, 5.74) is 2.72. The third kappa shape index (κ3) is 3.29. The fraction of sp³-hybridized carbons (Fsp3) is 0.500. The Bertz CT molecular complexity index is 759. The minimum Gasteiger partial charge on any atom is -0.381 e. The molecule has 0 saturated carbocycles. The number of aromatic nitrogens is 3. The van der Waals surface area contributed by atoms with Gasteiger partial charge in [-0.25, -0.2) is 4.68 Å². The highest BCUT2D eigenvalue weighted by molar-refractivity contribution is 5.93. The highest BCUT2D eigenvalue weighted by Gasteiger charge is 2.38. The van der Waals surface area contributed by atoms with Gasteiger partial charge in [-0.15, -0.1) is 5.10 Å². The number of aryl methyl sites for hydroxylation is 2. The normalized spacial score (nSPS) is 19.5. The molecule has 134 valence electrons. The smallest absolute Gasteiger partial charge is 0.271 e. The summed E-state index contributed by atoms with van der Waals surface area (Å²) in [6.07, 6.45) is 0.862. The number of hydrogen-bond acceptors (Lipinski definition) is 5. The lowest BCUT2D eigenvalue weighted by Gasteiger charge is -2.38. The molecule has 0 spiro atoms. The molecule has 7 heteroatoms. The monoisotopic (exact) mass is 344 g/mol. The number of ether oxygens (including phenoxy) is 2. The predicted octanol–water partition coefficient (Wildman–Crippen LogP) is 1.45. The van der Waals surface area contributed by atoms with E-state index in [1.54, 1.807) is 18.7 Å². The zero-order valence-corrected chi connectivity index (χ0v) is 14.9. The van der Waals surface area contributed by atoms with E-state index in [0.29, 0.717) is 37.7 Å². The van der Waals surface area contributed by atoms with Crippen LogP contribution in [0.15, 0.2) is 24.3 Å². The summed E-state index contributed by atoms with van der Waals surface area (Å²) >= 11 is 0. The van der Waals surface area contributed by atoms with Gasteiger partial charge in [-0.3, -0.25) is 4.79 Å². The molecule has 0 bridgehead atoms. The van der Waals surface area contributed by atoms with Crippen LogP contribution in [0.2, 0.25) is 0 Å². The quantitative estimate of drug-likeness (QED) is 0.858. The summed E-state index contributed by atoms with van der Waals surface area (Å²) in [5.74, 6) is -0.202. The van der Waals surface area contributed by atoms with Crippen molar-refractivity contribution in [2.24, 2.45) is 0 Å². The van der Waals surface area contributed by atoms with E-state index in [2.05, 4.69) is 21.7 Å². The summed E-state index contributed by atoms with van der Waals surface area (Å²) in [4.78, 5) is 12.7. The van der Waals surface area contributed by atoms with Crippen LogP contribution >= 0.6 is 0 Å². The van der Waals surface area contributed by atoms with Gasteiger partial charge in [0.05, 0.1) is 25.5 Å². The first-order valence-corrected chi connectivity index (χ1v) is 8.51. The number of carbonyl (C=O) groups excluding carboxylic acids is 1. The summed E-state index contributed by atoms with van der Waals surface area (Å²) in [6.45, 7) is 5.60. The van der Waals surface area contributed by atoms with Gasteiger partial charge in [0.2, 0.25) is 0 Å². The average molecular weight is 344 g/mol. The van der Waals surface area contributed by atoms with Crippen LogP contribution in [-0.4, -0.2) is 47.8 Å². The SMILES string of the molecule is CCn1nnc(C)c1C(=O)NCC1(COC)OCCc2ccccc21. The lowest BCUT2D eigenvalue weighted by Crippen LogP contribution is -2.49. The molecule has 1 aliphatic rings. The standard InChI is InChI=1S/C18H24N4O3/c1-4-22-16(13(2)20-21-22)17(23)19-11-18(12-24-3)15-8-6-5-7-14(15)9-10-25-18/h5-8H,4,9-12H2,1-3H3,(H,19,23). The van der Waals surface area contributed by atoms with Gasteiger partial charge in [-0.1, -0.05) is 29.5 Å². The van der Waals surface area contributed by atoms with Gasteiger partial charge in [0.1, 0.15) is 11.3 Å². The molecule has 2 heterocycles. The van der Waals surface area contributed by atoms with Crippen molar-refractivity contribution in [2.45, 2.75) is 32.4 Å². The van der Waals surface area contributed by atoms with Gasteiger partial charge in [0, 0.05) is 13.7 Å². The molecule has 0 fully saturated rings. The molecule has 3 rings (SSSR count). The van der Waals surface area contributed by atoms with E-state index in [1.807, 2.05) is 25.1 Å². The first-order valence-electron chi connectivity index (χ1n) is 8.51. The van der Waals surface area contributed by atoms with Crippen molar-refractivity contribution in [1.82, 2.24) is 20.3 Å². The molecule has 1 N–H and O–H groups in total. The molecule has 7 nitrogen and oxygen atoms in total. The first-order chi connectivity index (χ1) is 12.1. The lowest BCUT2D eigenvalue weighted by atomic mass is 9.86. The third-order valence-corrected chi connectivity index (χ3v) is 4.59. The summed E-state index contributed by atoms with van der Waals surface area (Å²) in [7, 11) is 1.64. The third-order valence-electron chi connectivity index (χ3n) is 4.59. The van der Waals surface area contributed by atoms with E-state index in [0.717, 1.165) is 12.0 Å². The molecule has 25 heavy (non-hydrogen) atoms. The molecule has 0 aliphatic carbocycles. The Morgan fingerprint density at radius 3 is 3.00 bits per heavy atom. The number of nitrogens with zero attached hydrogens (tertiary/aromatic N) is 3. The maximum Gasteiger partial charge on any atom is 0.271 e. The van der Waals surface area contributed by atoms with Gasteiger partial charge in [-0.05, 0) is 31.4 Å². The van der Waals surface area contributed by atoms with Crippen molar-refractivity contribution < 1.29 is 14.3 Å². The average Bonchev–Trinajstić information content (AvgIpc) is 3.01. The summed E-state index contributed by atoms with van der Waals surface area (Å²) in [6, 6.07) is 8.15. The largest absolute Gasteiger partial charge is 0.381 e. The Morgan fingerprint density at radius 1 is 1.44 bits per heavy atom. The van der Waals surface area contributed by atoms with Crippen LogP contribution in [0.3, 0.4) is 0 Å². The second kappa shape index (κ2) is 7.33. The van der Waals surface area contributed by atoms with Crippen LogP contribution in [-0.2, 0) is 28.0 Å². The van der Waals surface area contributed by atoms with Crippen LogP contribution in [0, 0.1) is 6.92 Å². The van der Waals surface area contributed by atoms with E-state index in [4.69, 9.17) is 9.47 Å².